The molecule has 0 aliphatic heterocycles. The van der Waals surface area contributed by atoms with Crippen LogP contribution in [0.25, 0.3) is 0 Å². The maximum atomic E-state index is 10.6. The molecule has 0 fully saturated rings. The summed E-state index contributed by atoms with van der Waals surface area (Å²) in [6, 6.07) is 3.63. The van der Waals surface area contributed by atoms with Crippen molar-refractivity contribution in [2.45, 2.75) is 0 Å². The zero-order valence-corrected chi connectivity index (χ0v) is 15.1. The van der Waals surface area contributed by atoms with Gasteiger partial charge in [-0.1, -0.05) is 0 Å². The Bertz CT molecular complexity index is 318. The standard InChI is InChI=1S/C7H3I3O2.Na/c8-3-1-4(9)6(7(11)12)5(10)2-3;/h1-2H,(H,11,12);/q;+1/p-1. The van der Waals surface area contributed by atoms with Crippen LogP contribution in [-0.2, 0) is 0 Å². The molecule has 0 aliphatic rings. The number of halogens is 3. The van der Waals surface area contributed by atoms with Gasteiger partial charge in [-0.15, -0.1) is 0 Å². The van der Waals surface area contributed by atoms with Crippen molar-refractivity contribution < 1.29 is 39.5 Å². The SMILES string of the molecule is O=C([O-])c1c(I)cc(I)cc1I.[Na+]. The molecule has 0 unspecified atom stereocenters. The molecule has 1 aromatic carbocycles. The van der Waals surface area contributed by atoms with Gasteiger partial charge in [0.2, 0.25) is 0 Å². The molecule has 0 aromatic heterocycles. The molecule has 0 spiro atoms. The Morgan fingerprint density at radius 2 is 1.54 bits per heavy atom. The molecule has 1 aromatic rings. The van der Waals surface area contributed by atoms with Crippen LogP contribution in [0.1, 0.15) is 10.4 Å². The van der Waals surface area contributed by atoms with Crippen LogP contribution >= 0.6 is 67.8 Å². The second-order valence-corrected chi connectivity index (χ2v) is 5.60. The minimum Gasteiger partial charge on any atom is -0.545 e. The van der Waals surface area contributed by atoms with Crippen molar-refractivity contribution in [1.29, 1.82) is 0 Å². The summed E-state index contributed by atoms with van der Waals surface area (Å²) < 4.78 is 2.49. The molecule has 0 bridgehead atoms. The molecule has 0 heterocycles. The monoisotopic (exact) mass is 522 g/mol. The van der Waals surface area contributed by atoms with E-state index in [2.05, 4.69) is 22.6 Å². The maximum absolute atomic E-state index is 10.6. The third kappa shape index (κ3) is 4.09. The van der Waals surface area contributed by atoms with Gasteiger partial charge < -0.3 is 9.90 Å². The quantitative estimate of drug-likeness (QED) is 0.347. The van der Waals surface area contributed by atoms with Crippen molar-refractivity contribution in [2.24, 2.45) is 0 Å². The molecule has 0 saturated heterocycles. The van der Waals surface area contributed by atoms with Gasteiger partial charge in [0.25, 0.3) is 0 Å². The summed E-state index contributed by atoms with van der Waals surface area (Å²) in [6.07, 6.45) is 0. The third-order valence-corrected chi connectivity index (χ3v) is 3.54. The van der Waals surface area contributed by atoms with Crippen LogP contribution in [0.2, 0.25) is 0 Å². The molecule has 64 valence electrons. The number of carboxylic acids is 1. The summed E-state index contributed by atoms with van der Waals surface area (Å²) in [4.78, 5) is 10.6. The molecule has 6 heteroatoms. The van der Waals surface area contributed by atoms with E-state index in [-0.39, 0.29) is 35.1 Å². The average Bonchev–Trinajstić information content (AvgIpc) is 1.82. The number of rotatable bonds is 1. The zero-order chi connectivity index (χ0) is 9.30. The number of hydrogen-bond donors (Lipinski definition) is 0. The summed E-state index contributed by atoms with van der Waals surface area (Å²) in [7, 11) is 0. The first-order chi connectivity index (χ1) is 5.52. The van der Waals surface area contributed by atoms with Crippen molar-refractivity contribution in [1.82, 2.24) is 0 Å². The molecule has 1 rings (SSSR count). The second-order valence-electron chi connectivity index (χ2n) is 2.03. The van der Waals surface area contributed by atoms with Gasteiger partial charge in [0.15, 0.2) is 0 Å². The Morgan fingerprint density at radius 1 is 1.15 bits per heavy atom. The zero-order valence-electron chi connectivity index (χ0n) is 6.61. The van der Waals surface area contributed by atoms with Crippen LogP contribution in [0.5, 0.6) is 0 Å². The van der Waals surface area contributed by atoms with E-state index in [1.807, 2.05) is 57.3 Å². The van der Waals surface area contributed by atoms with Crippen LogP contribution in [0, 0.1) is 10.7 Å². The van der Waals surface area contributed by atoms with Gasteiger partial charge in [0.05, 0.1) is 5.97 Å². The van der Waals surface area contributed by atoms with E-state index >= 15 is 0 Å². The predicted octanol–water partition coefficient (Wildman–Crippen LogP) is -1.13. The summed E-state index contributed by atoms with van der Waals surface area (Å²) >= 11 is 6.14. The van der Waals surface area contributed by atoms with E-state index in [1.54, 1.807) is 0 Å². The van der Waals surface area contributed by atoms with E-state index in [0.717, 1.165) is 10.7 Å². The third-order valence-electron chi connectivity index (χ3n) is 1.21. The molecular weight excluding hydrogens is 520 g/mol. The van der Waals surface area contributed by atoms with Gasteiger partial charge in [-0.3, -0.25) is 0 Å². The number of benzene rings is 1. The molecule has 2 nitrogen and oxygen atoms in total. The number of carbonyl (C=O) groups excluding carboxylic acids is 1. The van der Waals surface area contributed by atoms with Gasteiger partial charge in [0.1, 0.15) is 0 Å². The molecule has 0 N–H and O–H groups in total. The first-order valence-electron chi connectivity index (χ1n) is 2.88. The molecule has 0 radical (unpaired) electrons. The fraction of sp³-hybridized carbons (Fsp3) is 0. The van der Waals surface area contributed by atoms with E-state index < -0.39 is 5.97 Å². The van der Waals surface area contributed by atoms with E-state index in [9.17, 15) is 9.90 Å². The van der Waals surface area contributed by atoms with E-state index in [1.165, 1.54) is 0 Å². The summed E-state index contributed by atoms with van der Waals surface area (Å²) in [5, 5.41) is 10.6. The fourth-order valence-corrected chi connectivity index (χ4v) is 4.76. The van der Waals surface area contributed by atoms with Crippen LogP contribution in [0.15, 0.2) is 12.1 Å². The second kappa shape index (κ2) is 6.46. The van der Waals surface area contributed by atoms with Crippen molar-refractivity contribution in [2.75, 3.05) is 0 Å². The average molecular weight is 522 g/mol. The molecule has 0 atom stereocenters. The van der Waals surface area contributed by atoms with E-state index in [0.29, 0.717) is 0 Å². The van der Waals surface area contributed by atoms with Crippen LogP contribution in [0.4, 0.5) is 0 Å². The summed E-state index contributed by atoms with van der Waals surface area (Å²) in [5.74, 6) is -1.11. The van der Waals surface area contributed by atoms with Crippen molar-refractivity contribution in [3.8, 4) is 0 Å². The first-order valence-corrected chi connectivity index (χ1v) is 6.12. The molecular formula is C7H2I3NaO2. The van der Waals surface area contributed by atoms with Crippen LogP contribution in [0.3, 0.4) is 0 Å². The normalized spacial score (nSPS) is 9.15. The largest absolute Gasteiger partial charge is 1.00 e. The first kappa shape index (κ1) is 14.9. The molecule has 0 aliphatic carbocycles. The van der Waals surface area contributed by atoms with Gasteiger partial charge in [-0.2, -0.15) is 0 Å². The predicted molar refractivity (Wildman–Crippen MR) is 68.9 cm³/mol. The van der Waals surface area contributed by atoms with Crippen molar-refractivity contribution in [3.05, 3.63) is 28.4 Å². The van der Waals surface area contributed by atoms with Gasteiger partial charge in [-0.05, 0) is 79.9 Å². The Hall–Kier alpha value is 1.88. The molecule has 0 saturated carbocycles. The smallest absolute Gasteiger partial charge is 0.545 e. The maximum Gasteiger partial charge on any atom is 1.00 e. The number of hydrogen-bond acceptors (Lipinski definition) is 2. The topological polar surface area (TPSA) is 40.1 Å². The van der Waals surface area contributed by atoms with Crippen molar-refractivity contribution >= 4 is 73.7 Å². The Labute approximate surface area is 139 Å². The van der Waals surface area contributed by atoms with E-state index in [4.69, 9.17) is 0 Å². The Morgan fingerprint density at radius 3 is 1.85 bits per heavy atom. The minimum absolute atomic E-state index is 0. The number of carboxylic acid groups (broad SMARTS) is 1. The van der Waals surface area contributed by atoms with Gasteiger partial charge in [0, 0.05) is 16.3 Å². The summed E-state index contributed by atoms with van der Waals surface area (Å²) in [6.45, 7) is 0. The molecule has 13 heavy (non-hydrogen) atoms. The van der Waals surface area contributed by atoms with Gasteiger partial charge >= 0.3 is 29.6 Å². The minimum atomic E-state index is -1.11. The number of carbonyl (C=O) groups is 1. The summed E-state index contributed by atoms with van der Waals surface area (Å²) in [5.41, 5.74) is 0.289. The Balaban J connectivity index is 0.00000144. The fourth-order valence-electron chi connectivity index (χ4n) is 0.737. The van der Waals surface area contributed by atoms with Gasteiger partial charge in [-0.25, -0.2) is 0 Å². The van der Waals surface area contributed by atoms with Crippen LogP contribution in [-0.4, -0.2) is 5.97 Å². The van der Waals surface area contributed by atoms with Crippen molar-refractivity contribution in [3.63, 3.8) is 0 Å². The van der Waals surface area contributed by atoms with Crippen LogP contribution < -0.4 is 34.7 Å². The number of aromatic carboxylic acids is 1. The Kier molecular flexibility index (Phi) is 7.39. The molecule has 0 amide bonds.